The fourth-order valence-corrected chi connectivity index (χ4v) is 2.75. The van der Waals surface area contributed by atoms with E-state index in [2.05, 4.69) is 15.3 Å². The lowest BCUT2D eigenvalue weighted by atomic mass is 10.1. The molecule has 3 aromatic heterocycles. The lowest BCUT2D eigenvalue weighted by Gasteiger charge is -1.99. The summed E-state index contributed by atoms with van der Waals surface area (Å²) in [7, 11) is 0. The molecule has 0 amide bonds. The maximum atomic E-state index is 8.92. The molecule has 2 N–H and O–H groups in total. The van der Waals surface area contributed by atoms with Gasteiger partial charge in [-0.1, -0.05) is 13.0 Å². The molecule has 0 aliphatic heterocycles. The molecule has 94 valence electrons. The van der Waals surface area contributed by atoms with Gasteiger partial charge in [0.25, 0.3) is 0 Å². The van der Waals surface area contributed by atoms with E-state index in [0.717, 1.165) is 22.6 Å². The number of fused-ring (bicyclic) bond motifs is 1. The van der Waals surface area contributed by atoms with Crippen molar-refractivity contribution in [2.45, 2.75) is 13.3 Å². The van der Waals surface area contributed by atoms with Crippen molar-refractivity contribution in [3.8, 4) is 16.5 Å². The summed E-state index contributed by atoms with van der Waals surface area (Å²) in [4.78, 5) is 1.07. The van der Waals surface area contributed by atoms with Crippen LogP contribution in [0.5, 0.6) is 0 Å². The van der Waals surface area contributed by atoms with Crippen molar-refractivity contribution in [2.24, 2.45) is 0 Å². The number of nitrogen functional groups attached to an aromatic ring is 1. The van der Waals surface area contributed by atoms with Gasteiger partial charge in [-0.25, -0.2) is 0 Å². The van der Waals surface area contributed by atoms with Gasteiger partial charge in [0.15, 0.2) is 11.5 Å². The van der Waals surface area contributed by atoms with Crippen molar-refractivity contribution in [2.75, 3.05) is 5.73 Å². The van der Waals surface area contributed by atoms with Gasteiger partial charge >= 0.3 is 0 Å². The predicted octanol–water partition coefficient (Wildman–Crippen LogP) is 1.87. The van der Waals surface area contributed by atoms with Gasteiger partial charge < -0.3 is 5.73 Å². The van der Waals surface area contributed by atoms with Crippen LogP contribution < -0.4 is 5.73 Å². The Morgan fingerprint density at radius 1 is 1.47 bits per heavy atom. The van der Waals surface area contributed by atoms with Crippen molar-refractivity contribution in [1.29, 1.82) is 5.26 Å². The van der Waals surface area contributed by atoms with Crippen molar-refractivity contribution >= 4 is 22.8 Å². The van der Waals surface area contributed by atoms with E-state index in [1.165, 1.54) is 4.52 Å². The van der Waals surface area contributed by atoms with Crippen LogP contribution in [0.4, 0.5) is 5.82 Å². The third-order valence-corrected chi connectivity index (χ3v) is 3.74. The molecule has 19 heavy (non-hydrogen) atoms. The molecular weight excluding hydrogens is 260 g/mol. The van der Waals surface area contributed by atoms with Gasteiger partial charge in [0.1, 0.15) is 6.07 Å². The Morgan fingerprint density at radius 2 is 2.32 bits per heavy atom. The van der Waals surface area contributed by atoms with Gasteiger partial charge in [-0.3, -0.25) is 0 Å². The number of anilines is 1. The molecule has 0 saturated carbocycles. The second kappa shape index (κ2) is 4.33. The molecule has 0 bridgehead atoms. The van der Waals surface area contributed by atoms with E-state index in [9.17, 15) is 0 Å². The second-order valence-electron chi connectivity index (χ2n) is 3.93. The average molecular weight is 270 g/mol. The summed E-state index contributed by atoms with van der Waals surface area (Å²) in [6.45, 7) is 2.02. The second-order valence-corrected chi connectivity index (χ2v) is 4.88. The lowest BCUT2D eigenvalue weighted by Crippen LogP contribution is -2.06. The van der Waals surface area contributed by atoms with Crippen LogP contribution in [0, 0.1) is 11.3 Å². The highest BCUT2D eigenvalue weighted by molar-refractivity contribution is 7.13. The maximum absolute atomic E-state index is 8.92. The van der Waals surface area contributed by atoms with Crippen LogP contribution in [0.1, 0.15) is 18.3 Å². The molecule has 0 fully saturated rings. The van der Waals surface area contributed by atoms with E-state index >= 15 is 0 Å². The number of rotatable bonds is 2. The van der Waals surface area contributed by atoms with Crippen LogP contribution >= 0.6 is 11.3 Å². The Balaban J connectivity index is 2.39. The number of aryl methyl sites for hydroxylation is 1. The van der Waals surface area contributed by atoms with Crippen molar-refractivity contribution in [3.63, 3.8) is 0 Å². The van der Waals surface area contributed by atoms with Crippen molar-refractivity contribution < 1.29 is 0 Å². The molecule has 0 spiro atoms. The summed E-state index contributed by atoms with van der Waals surface area (Å²) in [6, 6.07) is 5.90. The Hall–Kier alpha value is -2.46. The third-order valence-electron chi connectivity index (χ3n) is 2.86. The Morgan fingerprint density at radius 3 is 2.95 bits per heavy atom. The monoisotopic (exact) mass is 270 g/mol. The SMILES string of the molecule is CCc1nn2c(N)c(C#N)nnc2c1-c1cccs1. The fourth-order valence-electron chi connectivity index (χ4n) is 1.96. The third kappa shape index (κ3) is 1.65. The molecule has 3 heterocycles. The van der Waals surface area contributed by atoms with E-state index in [1.54, 1.807) is 11.3 Å². The van der Waals surface area contributed by atoms with Crippen molar-refractivity contribution in [1.82, 2.24) is 19.8 Å². The zero-order chi connectivity index (χ0) is 13.4. The largest absolute Gasteiger partial charge is 0.381 e. The smallest absolute Gasteiger partial charge is 0.205 e. The van der Waals surface area contributed by atoms with Crippen LogP contribution in [-0.4, -0.2) is 19.8 Å². The van der Waals surface area contributed by atoms with Crippen LogP contribution in [0.2, 0.25) is 0 Å². The number of nitrogens with two attached hydrogens (primary N) is 1. The van der Waals surface area contributed by atoms with Gasteiger partial charge in [-0.2, -0.15) is 14.9 Å². The van der Waals surface area contributed by atoms with Crippen molar-refractivity contribution in [3.05, 3.63) is 28.9 Å². The van der Waals surface area contributed by atoms with E-state index in [-0.39, 0.29) is 11.5 Å². The van der Waals surface area contributed by atoms with Gasteiger partial charge in [0.05, 0.1) is 11.3 Å². The minimum Gasteiger partial charge on any atom is -0.381 e. The molecule has 0 aromatic carbocycles. The summed E-state index contributed by atoms with van der Waals surface area (Å²) in [5.41, 5.74) is 8.43. The molecule has 0 radical (unpaired) electrons. The summed E-state index contributed by atoms with van der Waals surface area (Å²) in [6.07, 6.45) is 0.762. The van der Waals surface area contributed by atoms with Gasteiger partial charge in [0, 0.05) is 4.88 Å². The van der Waals surface area contributed by atoms with E-state index in [4.69, 9.17) is 11.0 Å². The molecule has 3 aromatic rings. The molecule has 0 saturated heterocycles. The topological polar surface area (TPSA) is 92.9 Å². The Bertz CT molecular complexity index is 781. The highest BCUT2D eigenvalue weighted by Crippen LogP contribution is 2.32. The van der Waals surface area contributed by atoms with Crippen LogP contribution in [0.15, 0.2) is 17.5 Å². The van der Waals surface area contributed by atoms with Gasteiger partial charge in [-0.15, -0.1) is 21.5 Å². The highest BCUT2D eigenvalue weighted by Gasteiger charge is 2.19. The summed E-state index contributed by atoms with van der Waals surface area (Å²) in [5, 5.41) is 23.3. The van der Waals surface area contributed by atoms with E-state index < -0.39 is 0 Å². The first kappa shape index (κ1) is 11.6. The minimum absolute atomic E-state index is 0.0929. The first-order valence-electron chi connectivity index (χ1n) is 5.74. The molecule has 0 aliphatic rings. The van der Waals surface area contributed by atoms with Crippen LogP contribution in [0.25, 0.3) is 16.1 Å². The first-order valence-corrected chi connectivity index (χ1v) is 6.62. The van der Waals surface area contributed by atoms with E-state index in [0.29, 0.717) is 5.65 Å². The number of aromatic nitrogens is 4. The highest BCUT2D eigenvalue weighted by atomic mass is 32.1. The number of nitriles is 1. The lowest BCUT2D eigenvalue weighted by molar-refractivity contribution is 0.863. The van der Waals surface area contributed by atoms with Crippen LogP contribution in [-0.2, 0) is 6.42 Å². The Labute approximate surface area is 113 Å². The summed E-state index contributed by atoms with van der Waals surface area (Å²) < 4.78 is 1.50. The van der Waals surface area contributed by atoms with Gasteiger partial charge in [-0.05, 0) is 17.9 Å². The number of hydrogen-bond donors (Lipinski definition) is 1. The summed E-state index contributed by atoms with van der Waals surface area (Å²) in [5.74, 6) is 0.227. The molecule has 0 aliphatic carbocycles. The quantitative estimate of drug-likeness (QED) is 0.767. The fraction of sp³-hybridized carbons (Fsp3) is 0.167. The van der Waals surface area contributed by atoms with Gasteiger partial charge in [0.2, 0.25) is 5.69 Å². The maximum Gasteiger partial charge on any atom is 0.205 e. The molecule has 0 atom stereocenters. The molecule has 3 rings (SSSR count). The number of thiophene rings is 1. The normalized spacial score (nSPS) is 10.7. The first-order chi connectivity index (χ1) is 9.26. The standard InChI is InChI=1S/C12H10N6S/c1-2-7-10(9-4-3-5-19-9)12-16-15-8(6-13)11(14)18(12)17-7/h3-5H,2,14H2,1H3. The zero-order valence-corrected chi connectivity index (χ0v) is 11.0. The predicted molar refractivity (Wildman–Crippen MR) is 72.6 cm³/mol. The van der Waals surface area contributed by atoms with Crippen LogP contribution in [0.3, 0.4) is 0 Å². The number of nitrogens with zero attached hydrogens (tertiary/aromatic N) is 5. The Kier molecular flexibility index (Phi) is 2.65. The summed E-state index contributed by atoms with van der Waals surface area (Å²) >= 11 is 1.61. The molecule has 7 heteroatoms. The average Bonchev–Trinajstić information content (AvgIpc) is 3.05. The minimum atomic E-state index is 0.0929. The molecule has 6 nitrogen and oxygen atoms in total. The van der Waals surface area contributed by atoms with E-state index in [1.807, 2.05) is 30.5 Å². The molecular formula is C12H10N6S. The molecule has 0 unspecified atom stereocenters. The number of hydrogen-bond acceptors (Lipinski definition) is 6. The zero-order valence-electron chi connectivity index (χ0n) is 10.2.